The Labute approximate surface area is 64.4 Å². The Balaban J connectivity index is 2.98. The molecule has 0 saturated carbocycles. The topological polar surface area (TPSA) is 52.2 Å². The van der Waals surface area contributed by atoms with Crippen molar-refractivity contribution in [3.05, 3.63) is 0 Å². The van der Waals surface area contributed by atoms with E-state index >= 15 is 0 Å². The molecule has 1 atom stereocenters. The van der Waals surface area contributed by atoms with Gasteiger partial charge in [-0.15, -0.1) is 0 Å². The molecular formula is C6H13NO2S. The average Bonchev–Trinajstić information content (AvgIpc) is 1.79. The normalized spacial score (nSPS) is 12.7. The lowest BCUT2D eigenvalue weighted by molar-refractivity contribution is -0.118. The minimum Gasteiger partial charge on any atom is -0.617 e. The molecule has 3 nitrogen and oxygen atoms in total. The number of hydrogen-bond donors (Lipinski definition) is 1. The molecule has 1 amide bonds. The van der Waals surface area contributed by atoms with Crippen LogP contribution < -0.4 is 5.32 Å². The van der Waals surface area contributed by atoms with Crippen molar-refractivity contribution in [2.45, 2.75) is 13.3 Å². The minimum absolute atomic E-state index is 0.0260. The van der Waals surface area contributed by atoms with E-state index in [1.165, 1.54) is 6.92 Å². The van der Waals surface area contributed by atoms with Crippen LogP contribution in [0.4, 0.5) is 0 Å². The van der Waals surface area contributed by atoms with Crippen LogP contribution in [0, 0.1) is 0 Å². The van der Waals surface area contributed by atoms with Gasteiger partial charge in [0.15, 0.2) is 0 Å². The van der Waals surface area contributed by atoms with Gasteiger partial charge in [-0.05, 0) is 0 Å². The van der Waals surface area contributed by atoms with E-state index in [2.05, 4.69) is 5.32 Å². The Bertz CT molecular complexity index is 106. The van der Waals surface area contributed by atoms with Crippen LogP contribution in [0.15, 0.2) is 0 Å². The molecule has 0 rings (SSSR count). The number of amides is 1. The maximum absolute atomic E-state index is 10.5. The van der Waals surface area contributed by atoms with Gasteiger partial charge in [0.1, 0.15) is 5.75 Å². The Morgan fingerprint density at radius 3 is 2.70 bits per heavy atom. The summed E-state index contributed by atoms with van der Waals surface area (Å²) in [5.74, 6) is 0.641. The summed E-state index contributed by atoms with van der Waals surface area (Å²) in [7, 11) is 0. The van der Waals surface area contributed by atoms with Gasteiger partial charge in [-0.2, -0.15) is 0 Å². The first-order valence-electron chi connectivity index (χ1n) is 3.17. The summed E-state index contributed by atoms with van der Waals surface area (Å²) in [5, 5.41) is 2.63. The first-order valence-corrected chi connectivity index (χ1v) is 4.90. The highest BCUT2D eigenvalue weighted by Crippen LogP contribution is 1.86. The van der Waals surface area contributed by atoms with Gasteiger partial charge in [0, 0.05) is 19.9 Å². The highest BCUT2D eigenvalue weighted by atomic mass is 32.2. The third-order valence-corrected chi connectivity index (χ3v) is 1.85. The van der Waals surface area contributed by atoms with E-state index in [-0.39, 0.29) is 5.91 Å². The van der Waals surface area contributed by atoms with E-state index in [4.69, 9.17) is 0 Å². The average molecular weight is 163 g/mol. The van der Waals surface area contributed by atoms with Crippen molar-refractivity contribution >= 4 is 17.1 Å². The van der Waals surface area contributed by atoms with Gasteiger partial charge in [0.05, 0.1) is 6.26 Å². The molecule has 0 aromatic carbocycles. The molecule has 0 heterocycles. The molecule has 0 aliphatic carbocycles. The van der Waals surface area contributed by atoms with Crippen molar-refractivity contribution in [3.63, 3.8) is 0 Å². The van der Waals surface area contributed by atoms with Crippen LogP contribution in [0.5, 0.6) is 0 Å². The van der Waals surface area contributed by atoms with Crippen molar-refractivity contribution < 1.29 is 9.35 Å². The van der Waals surface area contributed by atoms with Crippen LogP contribution >= 0.6 is 0 Å². The zero-order valence-electron chi connectivity index (χ0n) is 6.35. The molecule has 60 valence electrons. The third-order valence-electron chi connectivity index (χ3n) is 0.983. The lowest BCUT2D eigenvalue weighted by Gasteiger charge is -2.04. The van der Waals surface area contributed by atoms with Gasteiger partial charge >= 0.3 is 0 Å². The van der Waals surface area contributed by atoms with Crippen LogP contribution in [0.1, 0.15) is 13.3 Å². The molecule has 1 unspecified atom stereocenters. The molecule has 0 spiro atoms. The molecule has 0 aromatic heterocycles. The molecule has 10 heavy (non-hydrogen) atoms. The molecule has 0 radical (unpaired) electrons. The van der Waals surface area contributed by atoms with Crippen LogP contribution in [0.25, 0.3) is 0 Å². The second-order valence-electron chi connectivity index (χ2n) is 2.11. The summed E-state index contributed by atoms with van der Waals surface area (Å²) in [6, 6.07) is 0. The lowest BCUT2D eigenvalue weighted by Crippen LogP contribution is -2.22. The van der Waals surface area contributed by atoms with Crippen LogP contribution in [0.2, 0.25) is 0 Å². The maximum atomic E-state index is 10.5. The molecule has 4 heteroatoms. The molecule has 0 aromatic rings. The highest BCUT2D eigenvalue weighted by Gasteiger charge is 1.96. The monoisotopic (exact) mass is 163 g/mol. The van der Waals surface area contributed by atoms with Gasteiger partial charge in [0.2, 0.25) is 5.91 Å². The Kier molecular flexibility index (Phi) is 5.43. The number of hydrogen-bond acceptors (Lipinski definition) is 2. The second kappa shape index (κ2) is 5.56. The first kappa shape index (κ1) is 9.78. The molecule has 0 aliphatic rings. The Hall–Kier alpha value is -0.220. The third kappa shape index (κ3) is 7.78. The first-order chi connectivity index (χ1) is 4.63. The van der Waals surface area contributed by atoms with Gasteiger partial charge in [0.25, 0.3) is 0 Å². The van der Waals surface area contributed by atoms with E-state index in [0.717, 1.165) is 6.42 Å². The van der Waals surface area contributed by atoms with E-state index in [9.17, 15) is 9.35 Å². The largest absolute Gasteiger partial charge is 0.617 e. The van der Waals surface area contributed by atoms with Crippen LogP contribution in [0.3, 0.4) is 0 Å². The summed E-state index contributed by atoms with van der Waals surface area (Å²) in [6.45, 7) is 2.11. The zero-order valence-corrected chi connectivity index (χ0v) is 7.16. The van der Waals surface area contributed by atoms with Crippen molar-refractivity contribution in [2.24, 2.45) is 0 Å². The number of rotatable bonds is 4. The zero-order chi connectivity index (χ0) is 7.98. The summed E-state index contributed by atoms with van der Waals surface area (Å²) < 4.78 is 10.5. The van der Waals surface area contributed by atoms with Gasteiger partial charge < -0.3 is 9.87 Å². The SMILES string of the molecule is CC(=O)NCCC[S+](C)[O-]. The molecule has 0 fully saturated rings. The Morgan fingerprint density at radius 1 is 1.70 bits per heavy atom. The maximum Gasteiger partial charge on any atom is 0.216 e. The smallest absolute Gasteiger partial charge is 0.216 e. The van der Waals surface area contributed by atoms with Gasteiger partial charge in [-0.3, -0.25) is 4.79 Å². The second-order valence-corrected chi connectivity index (χ2v) is 3.67. The standard InChI is InChI=1S/C6H13NO2S/c1-6(8)7-4-3-5-10(2)9/h3-5H2,1-2H3,(H,7,8). The van der Waals surface area contributed by atoms with Gasteiger partial charge in [-0.25, -0.2) is 0 Å². The Morgan fingerprint density at radius 2 is 2.30 bits per heavy atom. The number of nitrogens with one attached hydrogen (secondary N) is 1. The molecular weight excluding hydrogens is 150 g/mol. The van der Waals surface area contributed by atoms with E-state index < -0.39 is 11.2 Å². The highest BCUT2D eigenvalue weighted by molar-refractivity contribution is 7.90. The van der Waals surface area contributed by atoms with Crippen LogP contribution in [-0.2, 0) is 16.0 Å². The van der Waals surface area contributed by atoms with E-state index in [0.29, 0.717) is 12.3 Å². The molecule has 0 bridgehead atoms. The molecule has 1 N–H and O–H groups in total. The minimum atomic E-state index is -0.732. The van der Waals surface area contributed by atoms with Crippen molar-refractivity contribution in [1.82, 2.24) is 5.32 Å². The van der Waals surface area contributed by atoms with Crippen molar-refractivity contribution in [2.75, 3.05) is 18.6 Å². The fourth-order valence-corrected chi connectivity index (χ4v) is 1.09. The summed E-state index contributed by atoms with van der Waals surface area (Å²) in [5.41, 5.74) is 0. The summed E-state index contributed by atoms with van der Waals surface area (Å²) in [6.07, 6.45) is 2.45. The number of carbonyl (C=O) groups is 1. The fourth-order valence-electron chi connectivity index (χ4n) is 0.540. The quantitative estimate of drug-likeness (QED) is 0.464. The summed E-state index contributed by atoms with van der Waals surface area (Å²) >= 11 is -0.732. The molecule has 0 saturated heterocycles. The summed E-state index contributed by atoms with van der Waals surface area (Å²) in [4.78, 5) is 10.3. The number of carbonyl (C=O) groups excluding carboxylic acids is 1. The van der Waals surface area contributed by atoms with E-state index in [1.54, 1.807) is 6.26 Å². The van der Waals surface area contributed by atoms with Crippen molar-refractivity contribution in [3.8, 4) is 0 Å². The lowest BCUT2D eigenvalue weighted by atomic mass is 10.5. The van der Waals surface area contributed by atoms with Crippen LogP contribution in [-0.4, -0.2) is 29.0 Å². The van der Waals surface area contributed by atoms with Gasteiger partial charge in [-0.1, -0.05) is 11.2 Å². The predicted molar refractivity (Wildman–Crippen MR) is 42.2 cm³/mol. The fraction of sp³-hybridized carbons (Fsp3) is 0.833. The predicted octanol–water partition coefficient (Wildman–Crippen LogP) is -0.109. The van der Waals surface area contributed by atoms with E-state index in [1.807, 2.05) is 0 Å². The van der Waals surface area contributed by atoms with Crippen molar-refractivity contribution in [1.29, 1.82) is 0 Å². The molecule has 0 aliphatic heterocycles.